The van der Waals surface area contributed by atoms with Crippen molar-refractivity contribution in [1.82, 2.24) is 0 Å². The Labute approximate surface area is 123 Å². The fourth-order valence-electron chi connectivity index (χ4n) is 2.30. The minimum atomic E-state index is -0.651. The summed E-state index contributed by atoms with van der Waals surface area (Å²) in [6.07, 6.45) is -0.157. The van der Waals surface area contributed by atoms with Crippen LogP contribution in [-0.4, -0.2) is 11.7 Å². The van der Waals surface area contributed by atoms with Crippen LogP contribution in [0.4, 0.5) is 0 Å². The zero-order valence-corrected chi connectivity index (χ0v) is 12.0. The zero-order valence-electron chi connectivity index (χ0n) is 12.0. The number of hydrogen-bond donors (Lipinski definition) is 1. The van der Waals surface area contributed by atoms with Crippen LogP contribution in [0.3, 0.4) is 0 Å². The molecule has 0 aliphatic heterocycles. The number of fused-ring (bicyclic) bond motifs is 1. The van der Waals surface area contributed by atoms with Crippen molar-refractivity contribution in [2.45, 2.75) is 19.4 Å². The normalized spacial score (nSPS) is 12.5. The third-order valence-corrected chi connectivity index (χ3v) is 3.42. The summed E-state index contributed by atoms with van der Waals surface area (Å²) >= 11 is 0. The monoisotopic (exact) mass is 282 g/mol. The summed E-state index contributed by atoms with van der Waals surface area (Å²) in [4.78, 5) is 0. The highest BCUT2D eigenvalue weighted by Crippen LogP contribution is 2.25. The number of aryl methyl sites for hydroxylation is 1. The molecular formula is C18H18O3. The molecule has 1 heterocycles. The fraction of sp³-hybridized carbons (Fsp3) is 0.222. The van der Waals surface area contributed by atoms with Crippen LogP contribution in [0.1, 0.15) is 23.8 Å². The van der Waals surface area contributed by atoms with Crippen LogP contribution in [-0.2, 0) is 0 Å². The average molecular weight is 282 g/mol. The number of ether oxygens (including phenoxy) is 1. The average Bonchev–Trinajstić information content (AvgIpc) is 2.91. The summed E-state index contributed by atoms with van der Waals surface area (Å²) in [6.45, 7) is 2.47. The van der Waals surface area contributed by atoms with Gasteiger partial charge in [0.15, 0.2) is 0 Å². The molecule has 0 bridgehead atoms. The Balaban J connectivity index is 1.60. The summed E-state index contributed by atoms with van der Waals surface area (Å²) in [5.41, 5.74) is 1.96. The van der Waals surface area contributed by atoms with E-state index in [1.54, 1.807) is 0 Å². The molecule has 3 nitrogen and oxygen atoms in total. The van der Waals surface area contributed by atoms with Gasteiger partial charge in [0, 0.05) is 11.8 Å². The lowest BCUT2D eigenvalue weighted by atomic mass is 10.2. The molecule has 3 heteroatoms. The Morgan fingerprint density at radius 1 is 1.10 bits per heavy atom. The maximum absolute atomic E-state index is 10.2. The van der Waals surface area contributed by atoms with Gasteiger partial charge in [0.05, 0.1) is 6.61 Å². The second-order valence-corrected chi connectivity index (χ2v) is 5.16. The van der Waals surface area contributed by atoms with E-state index in [9.17, 15) is 5.11 Å². The van der Waals surface area contributed by atoms with E-state index in [1.807, 2.05) is 61.5 Å². The number of aliphatic hydroxyl groups is 1. The quantitative estimate of drug-likeness (QED) is 0.761. The molecule has 1 unspecified atom stereocenters. The Morgan fingerprint density at radius 2 is 1.95 bits per heavy atom. The van der Waals surface area contributed by atoms with Crippen molar-refractivity contribution in [3.05, 3.63) is 65.9 Å². The van der Waals surface area contributed by atoms with Crippen molar-refractivity contribution in [2.24, 2.45) is 0 Å². The lowest BCUT2D eigenvalue weighted by Gasteiger charge is -2.09. The molecule has 3 rings (SSSR count). The standard InChI is InChI=1S/C18H18O3/c1-13-5-4-7-15(11-13)20-10-9-16(19)18-12-14-6-2-3-8-17(14)21-18/h2-8,11-12,16,19H,9-10H2,1H3. The van der Waals surface area contributed by atoms with Gasteiger partial charge in [0.1, 0.15) is 23.2 Å². The van der Waals surface area contributed by atoms with Crippen molar-refractivity contribution in [1.29, 1.82) is 0 Å². The molecule has 2 aromatic carbocycles. The molecule has 0 saturated carbocycles. The summed E-state index contributed by atoms with van der Waals surface area (Å²) < 4.78 is 11.3. The topological polar surface area (TPSA) is 42.6 Å². The van der Waals surface area contributed by atoms with Crippen molar-refractivity contribution >= 4 is 11.0 Å². The first kappa shape index (κ1) is 13.7. The fourth-order valence-corrected chi connectivity index (χ4v) is 2.30. The molecule has 21 heavy (non-hydrogen) atoms. The first-order chi connectivity index (χ1) is 10.2. The lowest BCUT2D eigenvalue weighted by Crippen LogP contribution is -2.04. The van der Waals surface area contributed by atoms with E-state index in [4.69, 9.17) is 9.15 Å². The van der Waals surface area contributed by atoms with Crippen molar-refractivity contribution in [3.8, 4) is 5.75 Å². The van der Waals surface area contributed by atoms with Gasteiger partial charge in [-0.3, -0.25) is 0 Å². The van der Waals surface area contributed by atoms with Gasteiger partial charge >= 0.3 is 0 Å². The second-order valence-electron chi connectivity index (χ2n) is 5.16. The van der Waals surface area contributed by atoms with Crippen molar-refractivity contribution < 1.29 is 14.3 Å². The second kappa shape index (κ2) is 6.02. The van der Waals surface area contributed by atoms with Gasteiger partial charge in [-0.15, -0.1) is 0 Å². The molecule has 0 radical (unpaired) electrons. The number of furan rings is 1. The number of aliphatic hydroxyl groups excluding tert-OH is 1. The Morgan fingerprint density at radius 3 is 2.76 bits per heavy atom. The van der Waals surface area contributed by atoms with Gasteiger partial charge in [0.2, 0.25) is 0 Å². The van der Waals surface area contributed by atoms with Gasteiger partial charge in [-0.05, 0) is 36.8 Å². The van der Waals surface area contributed by atoms with Gasteiger partial charge < -0.3 is 14.3 Å². The lowest BCUT2D eigenvalue weighted by molar-refractivity contribution is 0.120. The maximum atomic E-state index is 10.2. The first-order valence-corrected chi connectivity index (χ1v) is 7.08. The van der Waals surface area contributed by atoms with Crippen LogP contribution >= 0.6 is 0 Å². The Bertz CT molecular complexity index is 697. The van der Waals surface area contributed by atoms with Gasteiger partial charge in [-0.2, -0.15) is 0 Å². The Hall–Kier alpha value is -2.26. The predicted molar refractivity (Wildman–Crippen MR) is 82.5 cm³/mol. The van der Waals surface area contributed by atoms with E-state index in [2.05, 4.69) is 0 Å². The van der Waals surface area contributed by atoms with Crippen LogP contribution in [0.25, 0.3) is 11.0 Å². The molecule has 1 aromatic heterocycles. The first-order valence-electron chi connectivity index (χ1n) is 7.08. The van der Waals surface area contributed by atoms with E-state index in [1.165, 1.54) is 0 Å². The number of benzene rings is 2. The highest BCUT2D eigenvalue weighted by molar-refractivity contribution is 5.77. The summed E-state index contributed by atoms with van der Waals surface area (Å²) in [5, 5.41) is 11.2. The maximum Gasteiger partial charge on any atom is 0.134 e. The van der Waals surface area contributed by atoms with E-state index in [0.717, 1.165) is 22.3 Å². The van der Waals surface area contributed by atoms with Gasteiger partial charge in [-0.1, -0.05) is 30.3 Å². The van der Waals surface area contributed by atoms with Crippen LogP contribution in [0.2, 0.25) is 0 Å². The molecule has 0 spiro atoms. The third kappa shape index (κ3) is 3.26. The minimum Gasteiger partial charge on any atom is -0.493 e. The molecule has 3 aromatic rings. The molecule has 0 aliphatic carbocycles. The number of hydrogen-bond acceptors (Lipinski definition) is 3. The van der Waals surface area contributed by atoms with Crippen molar-refractivity contribution in [3.63, 3.8) is 0 Å². The van der Waals surface area contributed by atoms with Gasteiger partial charge in [-0.25, -0.2) is 0 Å². The van der Waals surface area contributed by atoms with Crippen LogP contribution in [0.5, 0.6) is 5.75 Å². The molecule has 0 aliphatic rings. The molecule has 0 fully saturated rings. The highest BCUT2D eigenvalue weighted by Gasteiger charge is 2.13. The minimum absolute atomic E-state index is 0.446. The smallest absolute Gasteiger partial charge is 0.134 e. The summed E-state index contributed by atoms with van der Waals surface area (Å²) in [7, 11) is 0. The molecule has 0 saturated heterocycles. The molecule has 1 atom stereocenters. The predicted octanol–water partition coefficient (Wildman–Crippen LogP) is 4.24. The van der Waals surface area contributed by atoms with E-state index in [-0.39, 0.29) is 0 Å². The summed E-state index contributed by atoms with van der Waals surface area (Å²) in [6, 6.07) is 17.5. The van der Waals surface area contributed by atoms with Crippen LogP contribution in [0.15, 0.2) is 59.0 Å². The van der Waals surface area contributed by atoms with Crippen LogP contribution < -0.4 is 4.74 Å². The van der Waals surface area contributed by atoms with E-state index >= 15 is 0 Å². The SMILES string of the molecule is Cc1cccc(OCCC(O)c2cc3ccccc3o2)c1. The molecule has 1 N–H and O–H groups in total. The third-order valence-electron chi connectivity index (χ3n) is 3.42. The largest absolute Gasteiger partial charge is 0.493 e. The molecular weight excluding hydrogens is 264 g/mol. The number of para-hydroxylation sites is 1. The Kier molecular flexibility index (Phi) is 3.93. The van der Waals surface area contributed by atoms with Crippen LogP contribution in [0, 0.1) is 6.92 Å². The molecule has 108 valence electrons. The zero-order chi connectivity index (χ0) is 14.7. The van der Waals surface area contributed by atoms with Gasteiger partial charge in [0.25, 0.3) is 0 Å². The summed E-state index contributed by atoms with van der Waals surface area (Å²) in [5.74, 6) is 1.41. The molecule has 0 amide bonds. The van der Waals surface area contributed by atoms with E-state index < -0.39 is 6.10 Å². The number of rotatable bonds is 5. The van der Waals surface area contributed by atoms with Crippen molar-refractivity contribution in [2.75, 3.05) is 6.61 Å². The highest BCUT2D eigenvalue weighted by atomic mass is 16.5. The van der Waals surface area contributed by atoms with E-state index in [0.29, 0.717) is 18.8 Å².